The molecule has 0 saturated heterocycles. The van der Waals surface area contributed by atoms with Crippen molar-refractivity contribution in [2.75, 3.05) is 6.54 Å². The number of hydrogen-bond donors (Lipinski definition) is 1. The van der Waals surface area contributed by atoms with Crippen LogP contribution in [0.4, 0.5) is 0 Å². The van der Waals surface area contributed by atoms with Gasteiger partial charge in [-0.05, 0) is 30.4 Å². The van der Waals surface area contributed by atoms with E-state index in [0.29, 0.717) is 0 Å². The predicted octanol–water partition coefficient (Wildman–Crippen LogP) is 3.58. The largest absolute Gasteiger partial charge is 0.356 e. The van der Waals surface area contributed by atoms with Crippen LogP contribution in [-0.2, 0) is 11.3 Å². The number of rotatable bonds is 7. The van der Waals surface area contributed by atoms with Gasteiger partial charge in [-0.1, -0.05) is 38.5 Å². The number of carbonyl (C=O) groups excluding carboxylic acids is 1. The summed E-state index contributed by atoms with van der Waals surface area (Å²) in [6.45, 7) is 5.80. The fourth-order valence-electron chi connectivity index (χ4n) is 2.53. The van der Waals surface area contributed by atoms with E-state index in [2.05, 4.69) is 53.3 Å². The van der Waals surface area contributed by atoms with E-state index in [9.17, 15) is 4.79 Å². The Morgan fingerprint density at radius 3 is 2.90 bits per heavy atom. The lowest BCUT2D eigenvalue weighted by molar-refractivity contribution is -0.124. The van der Waals surface area contributed by atoms with E-state index in [1.807, 2.05) is 6.92 Å². The van der Waals surface area contributed by atoms with Gasteiger partial charge in [0.1, 0.15) is 0 Å². The van der Waals surface area contributed by atoms with E-state index in [0.717, 1.165) is 32.4 Å². The van der Waals surface area contributed by atoms with E-state index in [-0.39, 0.29) is 11.8 Å². The summed E-state index contributed by atoms with van der Waals surface area (Å²) in [6, 6.07) is 10.5. The Morgan fingerprint density at radius 1 is 1.30 bits per heavy atom. The van der Waals surface area contributed by atoms with Crippen LogP contribution in [-0.4, -0.2) is 17.0 Å². The summed E-state index contributed by atoms with van der Waals surface area (Å²) in [4.78, 5) is 11.8. The van der Waals surface area contributed by atoms with Gasteiger partial charge < -0.3 is 9.88 Å². The van der Waals surface area contributed by atoms with Crippen LogP contribution < -0.4 is 5.32 Å². The Morgan fingerprint density at radius 2 is 2.10 bits per heavy atom. The molecule has 0 fully saturated rings. The summed E-state index contributed by atoms with van der Waals surface area (Å²) in [5, 5.41) is 4.30. The first-order chi connectivity index (χ1) is 9.72. The SMILES string of the molecule is CCCC(C)C(=O)NCCCn1ccc2ccccc21. The molecule has 0 aliphatic rings. The number of aromatic nitrogens is 1. The van der Waals surface area contributed by atoms with Crippen molar-refractivity contribution in [1.29, 1.82) is 0 Å². The highest BCUT2D eigenvalue weighted by atomic mass is 16.1. The lowest BCUT2D eigenvalue weighted by atomic mass is 10.1. The van der Waals surface area contributed by atoms with Crippen molar-refractivity contribution in [3.8, 4) is 0 Å². The molecule has 3 nitrogen and oxygen atoms in total. The van der Waals surface area contributed by atoms with E-state index >= 15 is 0 Å². The van der Waals surface area contributed by atoms with Crippen LogP contribution in [0.2, 0.25) is 0 Å². The Labute approximate surface area is 121 Å². The van der Waals surface area contributed by atoms with Gasteiger partial charge in [0.2, 0.25) is 5.91 Å². The number of nitrogens with one attached hydrogen (secondary N) is 1. The molecule has 0 aliphatic heterocycles. The molecule has 1 heterocycles. The summed E-state index contributed by atoms with van der Waals surface area (Å²) >= 11 is 0. The number of carbonyl (C=O) groups is 1. The van der Waals surface area contributed by atoms with E-state index < -0.39 is 0 Å². The first-order valence-electron chi connectivity index (χ1n) is 7.54. The number of hydrogen-bond acceptors (Lipinski definition) is 1. The van der Waals surface area contributed by atoms with Crippen molar-refractivity contribution in [3.05, 3.63) is 36.5 Å². The fraction of sp³-hybridized carbons (Fsp3) is 0.471. The molecule has 1 unspecified atom stereocenters. The van der Waals surface area contributed by atoms with E-state index in [1.54, 1.807) is 0 Å². The van der Waals surface area contributed by atoms with Gasteiger partial charge in [-0.3, -0.25) is 4.79 Å². The number of benzene rings is 1. The first kappa shape index (κ1) is 14.6. The number of nitrogens with zero attached hydrogens (tertiary/aromatic N) is 1. The Kier molecular flexibility index (Phi) is 5.22. The normalized spacial score (nSPS) is 12.5. The quantitative estimate of drug-likeness (QED) is 0.768. The molecule has 0 saturated carbocycles. The molecule has 0 spiro atoms. The third-order valence-corrected chi connectivity index (χ3v) is 3.72. The van der Waals surface area contributed by atoms with Gasteiger partial charge in [-0.2, -0.15) is 0 Å². The third kappa shape index (κ3) is 3.62. The molecule has 0 radical (unpaired) electrons. The standard InChI is InChI=1S/C17H24N2O/c1-3-7-14(2)17(20)18-11-6-12-19-13-10-15-8-4-5-9-16(15)19/h4-5,8-10,13-14H,3,6-7,11-12H2,1-2H3,(H,18,20). The van der Waals surface area contributed by atoms with Gasteiger partial charge in [0.15, 0.2) is 0 Å². The Balaban J connectivity index is 1.77. The lowest BCUT2D eigenvalue weighted by Gasteiger charge is -2.11. The molecule has 0 aliphatic carbocycles. The average Bonchev–Trinajstić information content (AvgIpc) is 2.87. The second-order valence-electron chi connectivity index (χ2n) is 5.40. The van der Waals surface area contributed by atoms with E-state index in [1.165, 1.54) is 10.9 Å². The minimum absolute atomic E-state index is 0.132. The number of aryl methyl sites for hydroxylation is 1. The monoisotopic (exact) mass is 272 g/mol. The van der Waals surface area contributed by atoms with Gasteiger partial charge >= 0.3 is 0 Å². The molecule has 1 aromatic carbocycles. The van der Waals surface area contributed by atoms with Gasteiger partial charge in [-0.25, -0.2) is 0 Å². The minimum Gasteiger partial charge on any atom is -0.356 e. The number of para-hydroxylation sites is 1. The molecule has 3 heteroatoms. The molecule has 1 aromatic heterocycles. The van der Waals surface area contributed by atoms with Crippen LogP contribution in [0, 0.1) is 5.92 Å². The maximum Gasteiger partial charge on any atom is 0.222 e. The molecule has 20 heavy (non-hydrogen) atoms. The van der Waals surface area contributed by atoms with Crippen LogP contribution in [0.15, 0.2) is 36.5 Å². The molecule has 108 valence electrons. The number of fused-ring (bicyclic) bond motifs is 1. The Bertz CT molecular complexity index is 559. The maximum atomic E-state index is 11.8. The summed E-state index contributed by atoms with van der Waals surface area (Å²) in [6.07, 6.45) is 5.10. The maximum absolute atomic E-state index is 11.8. The summed E-state index contributed by atoms with van der Waals surface area (Å²) in [7, 11) is 0. The van der Waals surface area contributed by atoms with Crippen molar-refractivity contribution in [3.63, 3.8) is 0 Å². The molecule has 1 atom stereocenters. The summed E-state index contributed by atoms with van der Waals surface area (Å²) in [5.74, 6) is 0.316. The lowest BCUT2D eigenvalue weighted by Crippen LogP contribution is -2.30. The van der Waals surface area contributed by atoms with Crippen LogP contribution in [0.3, 0.4) is 0 Å². The molecule has 1 N–H and O–H groups in total. The van der Waals surface area contributed by atoms with Crippen molar-refractivity contribution in [2.45, 2.75) is 39.7 Å². The highest BCUT2D eigenvalue weighted by Crippen LogP contribution is 2.15. The average molecular weight is 272 g/mol. The zero-order valence-electron chi connectivity index (χ0n) is 12.4. The highest BCUT2D eigenvalue weighted by Gasteiger charge is 2.10. The molecule has 0 bridgehead atoms. The van der Waals surface area contributed by atoms with E-state index in [4.69, 9.17) is 0 Å². The van der Waals surface area contributed by atoms with Gasteiger partial charge in [0, 0.05) is 30.7 Å². The predicted molar refractivity (Wildman–Crippen MR) is 83.6 cm³/mol. The topological polar surface area (TPSA) is 34.0 Å². The second-order valence-corrected chi connectivity index (χ2v) is 5.40. The van der Waals surface area contributed by atoms with Crippen molar-refractivity contribution in [2.24, 2.45) is 5.92 Å². The minimum atomic E-state index is 0.132. The van der Waals surface area contributed by atoms with Crippen molar-refractivity contribution in [1.82, 2.24) is 9.88 Å². The van der Waals surface area contributed by atoms with Crippen LogP contribution in [0.5, 0.6) is 0 Å². The van der Waals surface area contributed by atoms with Crippen LogP contribution >= 0.6 is 0 Å². The second kappa shape index (κ2) is 7.13. The molecule has 1 amide bonds. The van der Waals surface area contributed by atoms with Crippen LogP contribution in [0.1, 0.15) is 33.1 Å². The van der Waals surface area contributed by atoms with Gasteiger partial charge in [-0.15, -0.1) is 0 Å². The fourth-order valence-corrected chi connectivity index (χ4v) is 2.53. The zero-order valence-corrected chi connectivity index (χ0v) is 12.4. The highest BCUT2D eigenvalue weighted by molar-refractivity contribution is 5.80. The smallest absolute Gasteiger partial charge is 0.222 e. The summed E-state index contributed by atoms with van der Waals surface area (Å²) < 4.78 is 2.25. The Hall–Kier alpha value is -1.77. The molecular formula is C17H24N2O. The van der Waals surface area contributed by atoms with Gasteiger partial charge in [0.05, 0.1) is 0 Å². The summed E-state index contributed by atoms with van der Waals surface area (Å²) in [5.41, 5.74) is 1.26. The number of amides is 1. The molecule has 2 aromatic rings. The third-order valence-electron chi connectivity index (χ3n) is 3.72. The first-order valence-corrected chi connectivity index (χ1v) is 7.54. The van der Waals surface area contributed by atoms with Crippen molar-refractivity contribution < 1.29 is 4.79 Å². The molecular weight excluding hydrogens is 248 g/mol. The molecule has 2 rings (SSSR count). The van der Waals surface area contributed by atoms with Gasteiger partial charge in [0.25, 0.3) is 0 Å². The van der Waals surface area contributed by atoms with Crippen molar-refractivity contribution >= 4 is 16.8 Å². The van der Waals surface area contributed by atoms with Crippen LogP contribution in [0.25, 0.3) is 10.9 Å². The zero-order chi connectivity index (χ0) is 14.4.